The maximum absolute atomic E-state index is 12.7. The van der Waals surface area contributed by atoms with E-state index in [9.17, 15) is 8.60 Å². The Balaban J connectivity index is 1.18. The van der Waals surface area contributed by atoms with Crippen molar-refractivity contribution in [2.24, 2.45) is 11.8 Å². The topological polar surface area (TPSA) is 61.4 Å². The zero-order valence-corrected chi connectivity index (χ0v) is 20.6. The molecule has 0 amide bonds. The van der Waals surface area contributed by atoms with Crippen molar-refractivity contribution in [2.75, 3.05) is 55.4 Å². The highest BCUT2D eigenvalue weighted by atomic mass is 35.5. The first-order chi connectivity index (χ1) is 16.6. The molecule has 180 valence electrons. The summed E-state index contributed by atoms with van der Waals surface area (Å²) >= 11 is 6.05. The second kappa shape index (κ2) is 9.21. The molecule has 0 bridgehead atoms. The highest BCUT2D eigenvalue weighted by Gasteiger charge is 2.39. The average molecular weight is 502 g/mol. The summed E-state index contributed by atoms with van der Waals surface area (Å²) in [4.78, 5) is 15.1. The first-order valence-corrected chi connectivity index (χ1v) is 13.8. The highest BCUT2D eigenvalue weighted by Crippen LogP contribution is 2.42. The Morgan fingerprint density at radius 1 is 1.15 bits per heavy atom. The summed E-state index contributed by atoms with van der Waals surface area (Å²) in [5, 5.41) is 4.30. The van der Waals surface area contributed by atoms with E-state index in [0.717, 1.165) is 72.9 Å². The smallest absolute Gasteiger partial charge is 0.227 e. The molecule has 2 saturated heterocycles. The molecule has 9 heteroatoms. The van der Waals surface area contributed by atoms with E-state index >= 15 is 0 Å². The summed E-state index contributed by atoms with van der Waals surface area (Å²) in [6.45, 7) is 4.09. The number of nitrogens with zero attached hydrogens (tertiary/aromatic N) is 4. The van der Waals surface area contributed by atoms with Gasteiger partial charge in [0, 0.05) is 49.9 Å². The summed E-state index contributed by atoms with van der Waals surface area (Å²) in [5.74, 6) is 3.16. The molecule has 4 aliphatic rings. The number of allylic oxidation sites excluding steroid dienone is 1. The number of fused-ring (bicyclic) bond motifs is 2. The number of aryl methyl sites for hydroxylation is 1. The number of halogens is 2. The van der Waals surface area contributed by atoms with Crippen LogP contribution in [0, 0.1) is 11.8 Å². The third-order valence-corrected chi connectivity index (χ3v) is 9.18. The van der Waals surface area contributed by atoms with Gasteiger partial charge in [-0.3, -0.25) is 13.5 Å². The fraction of sp³-hybridized carbons (Fsp3) is 0.520. The van der Waals surface area contributed by atoms with E-state index in [-0.39, 0.29) is 12.7 Å². The Hall–Kier alpha value is -2.03. The van der Waals surface area contributed by atoms with Crippen LogP contribution in [-0.2, 0) is 17.2 Å². The van der Waals surface area contributed by atoms with E-state index in [4.69, 9.17) is 21.6 Å². The number of hydrogen-bond acceptors (Lipinski definition) is 6. The van der Waals surface area contributed by atoms with Crippen LogP contribution in [0.3, 0.4) is 0 Å². The number of hydrogen-bond donors (Lipinski definition) is 1. The minimum atomic E-state index is -1.05. The van der Waals surface area contributed by atoms with Crippen LogP contribution >= 0.6 is 11.6 Å². The van der Waals surface area contributed by atoms with Crippen molar-refractivity contribution >= 4 is 39.7 Å². The van der Waals surface area contributed by atoms with Crippen LogP contribution in [0.1, 0.15) is 24.1 Å². The SMILES string of the molecule is O=[S@@]1CCc2nc(N3C[C@H]4CC(c5ccc(Cl)cc5)=C[C@H]4C3)nc(NC3CN(CCCF)C3)c21. The van der Waals surface area contributed by atoms with Gasteiger partial charge in [-0.1, -0.05) is 29.8 Å². The molecule has 3 aliphatic heterocycles. The molecule has 1 aromatic carbocycles. The molecule has 2 fully saturated rings. The van der Waals surface area contributed by atoms with Gasteiger partial charge >= 0.3 is 0 Å². The number of rotatable bonds is 7. The maximum Gasteiger partial charge on any atom is 0.227 e. The van der Waals surface area contributed by atoms with E-state index in [1.54, 1.807) is 0 Å². The zero-order chi connectivity index (χ0) is 23.2. The van der Waals surface area contributed by atoms with Gasteiger partial charge in [0.15, 0.2) is 0 Å². The Labute approximate surface area is 207 Å². The zero-order valence-electron chi connectivity index (χ0n) is 19.1. The fourth-order valence-electron chi connectivity index (χ4n) is 5.70. The van der Waals surface area contributed by atoms with Crippen LogP contribution in [0.5, 0.6) is 0 Å². The molecule has 1 N–H and O–H groups in total. The first-order valence-electron chi connectivity index (χ1n) is 12.1. The van der Waals surface area contributed by atoms with Crippen LogP contribution in [0.2, 0.25) is 5.02 Å². The number of alkyl halides is 1. The second-order valence-electron chi connectivity index (χ2n) is 9.82. The van der Waals surface area contributed by atoms with E-state index in [1.807, 2.05) is 12.1 Å². The van der Waals surface area contributed by atoms with Gasteiger partial charge in [0.1, 0.15) is 10.7 Å². The number of aromatic nitrogens is 2. The van der Waals surface area contributed by atoms with Crippen molar-refractivity contribution < 1.29 is 8.60 Å². The quantitative estimate of drug-likeness (QED) is 0.623. The van der Waals surface area contributed by atoms with E-state index in [2.05, 4.69) is 33.3 Å². The van der Waals surface area contributed by atoms with Gasteiger partial charge in [0.05, 0.1) is 29.2 Å². The van der Waals surface area contributed by atoms with E-state index in [1.165, 1.54) is 11.1 Å². The average Bonchev–Trinajstić information content (AvgIpc) is 3.49. The second-order valence-corrected chi connectivity index (χ2v) is 11.8. The van der Waals surface area contributed by atoms with Crippen molar-refractivity contribution in [3.8, 4) is 0 Å². The lowest BCUT2D eigenvalue weighted by Crippen LogP contribution is -2.55. The molecule has 4 heterocycles. The Bertz CT molecular complexity index is 1140. The first kappa shape index (κ1) is 22.4. The minimum absolute atomic E-state index is 0.256. The van der Waals surface area contributed by atoms with E-state index in [0.29, 0.717) is 24.0 Å². The van der Waals surface area contributed by atoms with Crippen LogP contribution < -0.4 is 10.2 Å². The molecule has 0 spiro atoms. The van der Waals surface area contributed by atoms with Gasteiger partial charge in [-0.2, -0.15) is 4.98 Å². The summed E-state index contributed by atoms with van der Waals surface area (Å²) < 4.78 is 25.1. The molecule has 1 aromatic heterocycles. The van der Waals surface area contributed by atoms with Gasteiger partial charge in [-0.15, -0.1) is 0 Å². The third kappa shape index (κ3) is 4.25. The van der Waals surface area contributed by atoms with Crippen molar-refractivity contribution in [1.29, 1.82) is 0 Å². The number of anilines is 2. The molecule has 0 unspecified atom stereocenters. The van der Waals surface area contributed by atoms with Crippen LogP contribution in [-0.4, -0.2) is 70.3 Å². The summed E-state index contributed by atoms with van der Waals surface area (Å²) in [5.41, 5.74) is 3.59. The maximum atomic E-state index is 12.7. The normalized spacial score (nSPS) is 26.4. The number of benzene rings is 1. The van der Waals surface area contributed by atoms with Crippen molar-refractivity contribution in [3.05, 3.63) is 46.6 Å². The molecule has 6 nitrogen and oxygen atoms in total. The summed E-state index contributed by atoms with van der Waals surface area (Å²) in [6, 6.07) is 8.38. The lowest BCUT2D eigenvalue weighted by Gasteiger charge is -2.40. The lowest BCUT2D eigenvalue weighted by molar-refractivity contribution is 0.155. The van der Waals surface area contributed by atoms with Gasteiger partial charge in [0.2, 0.25) is 5.95 Å². The highest BCUT2D eigenvalue weighted by molar-refractivity contribution is 7.85. The number of likely N-dealkylation sites (tertiary alicyclic amines) is 1. The monoisotopic (exact) mass is 501 g/mol. The molecule has 34 heavy (non-hydrogen) atoms. The molecular formula is C25H29ClFN5OS. The molecule has 0 radical (unpaired) electrons. The number of nitrogens with one attached hydrogen (secondary N) is 1. The summed E-state index contributed by atoms with van der Waals surface area (Å²) in [7, 11) is -1.05. The molecule has 0 saturated carbocycles. The van der Waals surface area contributed by atoms with Crippen molar-refractivity contribution in [1.82, 2.24) is 14.9 Å². The van der Waals surface area contributed by atoms with Gasteiger partial charge in [-0.25, -0.2) is 4.98 Å². The predicted molar refractivity (Wildman–Crippen MR) is 135 cm³/mol. The third-order valence-electron chi connectivity index (χ3n) is 7.47. The van der Waals surface area contributed by atoms with Gasteiger partial charge in [-0.05, 0) is 47.9 Å². The van der Waals surface area contributed by atoms with Crippen LogP contribution in [0.15, 0.2) is 35.2 Å². The Kier molecular flexibility index (Phi) is 6.07. The van der Waals surface area contributed by atoms with Crippen molar-refractivity contribution in [3.63, 3.8) is 0 Å². The predicted octanol–water partition coefficient (Wildman–Crippen LogP) is 3.79. The van der Waals surface area contributed by atoms with Crippen LogP contribution in [0.4, 0.5) is 16.2 Å². The van der Waals surface area contributed by atoms with Gasteiger partial charge < -0.3 is 10.2 Å². The standard InChI is InChI=1S/C25H29ClFN5OS/c26-20-4-2-16(3-5-20)17-10-18-12-32(13-19(18)11-17)25-29-22-6-9-34(33)23(22)24(30-25)28-21-14-31(15-21)8-1-7-27/h2-5,10,18-19,21H,1,6-9,11-15H2,(H,28,29,30)/t18-,19+,34+/m0/s1. The molecule has 2 aromatic rings. The molecule has 6 rings (SSSR count). The summed E-state index contributed by atoms with van der Waals surface area (Å²) in [6.07, 6.45) is 4.78. The van der Waals surface area contributed by atoms with E-state index < -0.39 is 10.8 Å². The lowest BCUT2D eigenvalue weighted by atomic mass is 9.98. The van der Waals surface area contributed by atoms with Gasteiger partial charge in [0.25, 0.3) is 0 Å². The Morgan fingerprint density at radius 2 is 1.97 bits per heavy atom. The van der Waals surface area contributed by atoms with Crippen LogP contribution in [0.25, 0.3) is 5.57 Å². The van der Waals surface area contributed by atoms with Crippen molar-refractivity contribution in [2.45, 2.75) is 30.2 Å². The fourth-order valence-corrected chi connectivity index (χ4v) is 7.13. The minimum Gasteiger partial charge on any atom is -0.364 e. The Morgan fingerprint density at radius 3 is 2.74 bits per heavy atom. The molecule has 3 atom stereocenters. The largest absolute Gasteiger partial charge is 0.364 e. The molecular weight excluding hydrogens is 473 g/mol. The molecule has 1 aliphatic carbocycles.